The molecule has 8 heteroatoms. The van der Waals surface area contributed by atoms with Crippen molar-refractivity contribution in [2.75, 3.05) is 6.61 Å². The summed E-state index contributed by atoms with van der Waals surface area (Å²) < 4.78 is 7.79. The second-order valence-corrected chi connectivity index (χ2v) is 8.84. The van der Waals surface area contributed by atoms with Crippen LogP contribution in [0.2, 0.25) is 0 Å². The molecule has 0 bridgehead atoms. The molecule has 0 atom stereocenters. The number of hydrogen-bond donors (Lipinski definition) is 0. The molecule has 2 aromatic carbocycles. The summed E-state index contributed by atoms with van der Waals surface area (Å²) in [7, 11) is 0. The van der Waals surface area contributed by atoms with E-state index in [0.717, 1.165) is 38.3 Å². The number of rotatable bonds is 6. The maximum absolute atomic E-state index is 12.9. The van der Waals surface area contributed by atoms with Gasteiger partial charge in [0, 0.05) is 27.1 Å². The largest absolute Gasteiger partial charge is 0.465 e. The summed E-state index contributed by atoms with van der Waals surface area (Å²) in [4.78, 5) is 39.0. The number of para-hydroxylation sites is 1. The number of carbonyl (C=O) groups is 3. The van der Waals surface area contributed by atoms with Gasteiger partial charge in [-0.3, -0.25) is 19.3 Å². The van der Waals surface area contributed by atoms with Gasteiger partial charge in [-0.2, -0.15) is 0 Å². The molecule has 0 radical (unpaired) electrons. The van der Waals surface area contributed by atoms with Crippen molar-refractivity contribution in [3.8, 4) is 0 Å². The number of thioether (sulfide) groups is 1. The maximum atomic E-state index is 12.9. The van der Waals surface area contributed by atoms with Gasteiger partial charge in [0.25, 0.3) is 11.1 Å². The van der Waals surface area contributed by atoms with Gasteiger partial charge in [0.2, 0.25) is 0 Å². The van der Waals surface area contributed by atoms with Gasteiger partial charge in [-0.15, -0.1) is 0 Å². The van der Waals surface area contributed by atoms with E-state index in [0.29, 0.717) is 11.5 Å². The van der Waals surface area contributed by atoms with Crippen LogP contribution in [0, 0.1) is 0 Å². The molecule has 2 heterocycles. The number of nitrogens with zero attached hydrogens (tertiary/aromatic N) is 2. The topological polar surface area (TPSA) is 68.6 Å². The zero-order valence-electron chi connectivity index (χ0n) is 16.7. The Morgan fingerprint density at radius 2 is 1.87 bits per heavy atom. The normalized spacial score (nSPS) is 15.3. The highest BCUT2D eigenvalue weighted by Crippen LogP contribution is 2.35. The van der Waals surface area contributed by atoms with Crippen molar-refractivity contribution in [3.63, 3.8) is 0 Å². The molecule has 3 aromatic rings. The second kappa shape index (κ2) is 9.11. The van der Waals surface area contributed by atoms with Gasteiger partial charge < -0.3 is 9.30 Å². The van der Waals surface area contributed by atoms with Gasteiger partial charge >= 0.3 is 5.97 Å². The number of carbonyl (C=O) groups excluding carboxylic acids is 3. The highest BCUT2D eigenvalue weighted by molar-refractivity contribution is 9.10. The van der Waals surface area contributed by atoms with E-state index in [1.165, 1.54) is 4.90 Å². The Balaban J connectivity index is 1.62. The predicted molar refractivity (Wildman–Crippen MR) is 124 cm³/mol. The predicted octanol–water partition coefficient (Wildman–Crippen LogP) is 5.20. The van der Waals surface area contributed by atoms with Gasteiger partial charge in [0.1, 0.15) is 6.54 Å². The molecule has 0 aliphatic carbocycles. The Labute approximate surface area is 192 Å². The Morgan fingerprint density at radius 3 is 2.61 bits per heavy atom. The van der Waals surface area contributed by atoms with Gasteiger partial charge in [-0.25, -0.2) is 0 Å². The third-order valence-corrected chi connectivity index (χ3v) is 6.27. The van der Waals surface area contributed by atoms with Crippen LogP contribution in [0.25, 0.3) is 17.0 Å². The van der Waals surface area contributed by atoms with Crippen LogP contribution in [0.4, 0.5) is 4.79 Å². The fourth-order valence-corrected chi connectivity index (χ4v) is 4.51. The van der Waals surface area contributed by atoms with E-state index in [1.807, 2.05) is 54.7 Å². The molecule has 158 valence electrons. The van der Waals surface area contributed by atoms with E-state index < -0.39 is 0 Å². The zero-order chi connectivity index (χ0) is 22.0. The van der Waals surface area contributed by atoms with Crippen LogP contribution in [0.1, 0.15) is 18.1 Å². The van der Waals surface area contributed by atoms with Crippen LogP contribution in [0.3, 0.4) is 0 Å². The molecule has 2 amide bonds. The Kier molecular flexibility index (Phi) is 6.29. The van der Waals surface area contributed by atoms with Crippen molar-refractivity contribution < 1.29 is 19.1 Å². The van der Waals surface area contributed by atoms with E-state index in [4.69, 9.17) is 4.74 Å². The number of imide groups is 1. The summed E-state index contributed by atoms with van der Waals surface area (Å²) in [5.74, 6) is -0.648. The lowest BCUT2D eigenvalue weighted by molar-refractivity contribution is -0.143. The summed E-state index contributed by atoms with van der Waals surface area (Å²) in [5, 5.41) is 0.598. The quantitative estimate of drug-likeness (QED) is 0.345. The van der Waals surface area contributed by atoms with Gasteiger partial charge in [0.15, 0.2) is 0 Å². The number of fused-ring (bicyclic) bond motifs is 1. The van der Waals surface area contributed by atoms with E-state index in [9.17, 15) is 14.4 Å². The Morgan fingerprint density at radius 1 is 1.13 bits per heavy atom. The second-order valence-electron chi connectivity index (χ2n) is 6.93. The first-order valence-electron chi connectivity index (χ1n) is 9.69. The first-order valence-corrected chi connectivity index (χ1v) is 11.3. The van der Waals surface area contributed by atoms with Crippen LogP contribution < -0.4 is 0 Å². The number of aromatic nitrogens is 1. The molecular weight excluding hydrogens is 480 g/mol. The van der Waals surface area contributed by atoms with Crippen molar-refractivity contribution in [2.24, 2.45) is 0 Å². The Bertz CT molecular complexity index is 1200. The number of halogens is 1. The van der Waals surface area contributed by atoms with Crippen molar-refractivity contribution in [3.05, 3.63) is 75.2 Å². The first-order chi connectivity index (χ1) is 15.0. The fraction of sp³-hybridized carbons (Fsp3) is 0.174. The highest BCUT2D eigenvalue weighted by Gasteiger charge is 2.35. The lowest BCUT2D eigenvalue weighted by Crippen LogP contribution is -2.27. The maximum Gasteiger partial charge on any atom is 0.325 e. The Hall–Kier alpha value is -2.84. The molecule has 31 heavy (non-hydrogen) atoms. The standard InChI is InChI=1S/C23H19BrN2O4S/c1-2-30-21(27)14-25-13-16(18-5-3-4-6-19(18)25)11-20-22(28)26(23(29)31-20)12-15-7-9-17(24)10-8-15/h3-11,13H,2,12,14H2,1H3/b20-11-. The summed E-state index contributed by atoms with van der Waals surface area (Å²) in [6, 6.07) is 15.1. The number of benzene rings is 2. The van der Waals surface area contributed by atoms with E-state index in [-0.39, 0.29) is 30.2 Å². The SMILES string of the molecule is CCOC(=O)Cn1cc(/C=C2\SC(=O)N(Cc3ccc(Br)cc3)C2=O)c2ccccc21. The van der Waals surface area contributed by atoms with Crippen molar-refractivity contribution >= 4 is 61.8 Å². The van der Waals surface area contributed by atoms with E-state index in [2.05, 4.69) is 15.9 Å². The average molecular weight is 499 g/mol. The molecular formula is C23H19BrN2O4S. The third-order valence-electron chi connectivity index (χ3n) is 4.84. The van der Waals surface area contributed by atoms with E-state index in [1.54, 1.807) is 17.6 Å². The van der Waals surface area contributed by atoms with Crippen molar-refractivity contribution in [2.45, 2.75) is 20.0 Å². The van der Waals surface area contributed by atoms with Crippen LogP contribution in [-0.2, 0) is 27.4 Å². The molecule has 1 saturated heterocycles. The molecule has 1 aromatic heterocycles. The average Bonchev–Trinajstić information content (AvgIpc) is 3.22. The minimum atomic E-state index is -0.329. The van der Waals surface area contributed by atoms with Crippen LogP contribution >= 0.6 is 27.7 Å². The fourth-order valence-electron chi connectivity index (χ4n) is 3.42. The zero-order valence-corrected chi connectivity index (χ0v) is 19.1. The summed E-state index contributed by atoms with van der Waals surface area (Å²) in [6.45, 7) is 2.38. The highest BCUT2D eigenvalue weighted by atomic mass is 79.9. The van der Waals surface area contributed by atoms with Crippen LogP contribution in [-0.4, -0.2) is 33.2 Å². The lowest BCUT2D eigenvalue weighted by atomic mass is 10.1. The molecule has 4 rings (SSSR count). The van der Waals surface area contributed by atoms with Crippen LogP contribution in [0.5, 0.6) is 0 Å². The number of amides is 2. The molecule has 0 spiro atoms. The smallest absolute Gasteiger partial charge is 0.325 e. The van der Waals surface area contributed by atoms with Crippen molar-refractivity contribution in [1.29, 1.82) is 0 Å². The third kappa shape index (κ3) is 4.60. The monoisotopic (exact) mass is 498 g/mol. The molecule has 0 saturated carbocycles. The molecule has 0 unspecified atom stereocenters. The minimum Gasteiger partial charge on any atom is -0.465 e. The van der Waals surface area contributed by atoms with Crippen LogP contribution in [0.15, 0.2) is 64.1 Å². The minimum absolute atomic E-state index is 0.0766. The molecule has 1 fully saturated rings. The van der Waals surface area contributed by atoms with Crippen molar-refractivity contribution in [1.82, 2.24) is 9.47 Å². The molecule has 0 N–H and O–H groups in total. The first kappa shape index (κ1) is 21.4. The molecule has 1 aliphatic heterocycles. The van der Waals surface area contributed by atoms with Gasteiger partial charge in [0.05, 0.1) is 18.1 Å². The van der Waals surface area contributed by atoms with E-state index >= 15 is 0 Å². The number of hydrogen-bond acceptors (Lipinski definition) is 5. The summed E-state index contributed by atoms with van der Waals surface area (Å²) >= 11 is 4.31. The van der Waals surface area contributed by atoms with Gasteiger partial charge in [-0.05, 0) is 48.5 Å². The summed E-state index contributed by atoms with van der Waals surface area (Å²) in [5.41, 5.74) is 2.50. The number of esters is 1. The molecule has 6 nitrogen and oxygen atoms in total. The summed E-state index contributed by atoms with van der Waals surface area (Å²) in [6.07, 6.45) is 3.53. The number of ether oxygens (including phenoxy) is 1. The lowest BCUT2D eigenvalue weighted by Gasteiger charge is -2.12. The van der Waals surface area contributed by atoms with Gasteiger partial charge in [-0.1, -0.05) is 46.3 Å². The molecule has 1 aliphatic rings.